The molecule has 0 spiro atoms. The van der Waals surface area contributed by atoms with E-state index in [1.54, 1.807) is 0 Å². The molecule has 0 saturated heterocycles. The number of alkyl halides is 1. The maximum absolute atomic E-state index is 11.3. The van der Waals surface area contributed by atoms with Crippen LogP contribution in [-0.4, -0.2) is 31.1 Å². The number of unbranched alkanes of at least 4 members (excludes halogenated alkanes) is 3. The van der Waals surface area contributed by atoms with Crippen molar-refractivity contribution in [2.45, 2.75) is 58.3 Å². The molecule has 0 N–H and O–H groups in total. The maximum Gasteiger partial charge on any atom is 0.305 e. The van der Waals surface area contributed by atoms with E-state index in [1.807, 2.05) is 0 Å². The Hall–Kier alpha value is -0.530. The summed E-state index contributed by atoms with van der Waals surface area (Å²) in [4.78, 5) is 11.3. The summed E-state index contributed by atoms with van der Waals surface area (Å²) >= 11 is 3.34. The molecule has 0 fully saturated rings. The van der Waals surface area contributed by atoms with Crippen molar-refractivity contribution in [2.75, 3.05) is 25.2 Å². The molecule has 4 heteroatoms. The van der Waals surface area contributed by atoms with Crippen LogP contribution in [0, 0.1) is 11.8 Å². The molecule has 0 aliphatic rings. The Bertz CT molecular complexity index is 281. The van der Waals surface area contributed by atoms with Crippen LogP contribution in [0.5, 0.6) is 0 Å². The van der Waals surface area contributed by atoms with Gasteiger partial charge in [0.2, 0.25) is 0 Å². The molecule has 0 aromatic carbocycles. The molecule has 0 heterocycles. The molecule has 20 heavy (non-hydrogen) atoms. The van der Waals surface area contributed by atoms with Gasteiger partial charge in [0, 0.05) is 31.2 Å². The molecule has 0 aliphatic heterocycles. The molecule has 0 saturated carbocycles. The minimum absolute atomic E-state index is 0.123. The third-order valence-corrected chi connectivity index (χ3v) is 3.17. The maximum atomic E-state index is 11.3. The average Bonchev–Trinajstić information content (AvgIpc) is 2.45. The number of hydrogen-bond acceptors (Lipinski definition) is 3. The fourth-order valence-corrected chi connectivity index (χ4v) is 1.84. The van der Waals surface area contributed by atoms with Crippen molar-refractivity contribution in [3.63, 3.8) is 0 Å². The van der Waals surface area contributed by atoms with Gasteiger partial charge in [0.25, 0.3) is 0 Å². The zero-order valence-corrected chi connectivity index (χ0v) is 14.2. The van der Waals surface area contributed by atoms with Gasteiger partial charge in [-0.15, -0.1) is 11.8 Å². The van der Waals surface area contributed by atoms with Gasteiger partial charge < -0.3 is 9.47 Å². The van der Waals surface area contributed by atoms with Crippen molar-refractivity contribution in [1.29, 1.82) is 0 Å². The zero-order valence-electron chi connectivity index (χ0n) is 12.6. The second-order valence-electron chi connectivity index (χ2n) is 4.54. The summed E-state index contributed by atoms with van der Waals surface area (Å²) in [5.41, 5.74) is 0. The molecule has 116 valence electrons. The molecule has 3 nitrogen and oxygen atoms in total. The van der Waals surface area contributed by atoms with Gasteiger partial charge in [0.1, 0.15) is 0 Å². The highest BCUT2D eigenvalue weighted by Crippen LogP contribution is 1.98. The number of halogens is 1. The zero-order chi connectivity index (χ0) is 14.9. The molecule has 0 aliphatic carbocycles. The Labute approximate surface area is 131 Å². The lowest BCUT2D eigenvalue weighted by Gasteiger charge is -2.04. The van der Waals surface area contributed by atoms with Crippen molar-refractivity contribution >= 4 is 21.9 Å². The van der Waals surface area contributed by atoms with Gasteiger partial charge in [-0.1, -0.05) is 29.3 Å². The first-order chi connectivity index (χ1) is 9.81. The average molecular weight is 347 g/mol. The fraction of sp³-hybridized carbons (Fsp3) is 0.812. The summed E-state index contributed by atoms with van der Waals surface area (Å²) in [6.07, 6.45) is 7.25. The summed E-state index contributed by atoms with van der Waals surface area (Å²) in [5.74, 6) is 6.09. The third kappa shape index (κ3) is 15.5. The van der Waals surface area contributed by atoms with Gasteiger partial charge in [-0.2, -0.15) is 0 Å². The molecule has 0 rings (SSSR count). The highest BCUT2D eigenvalue weighted by atomic mass is 79.9. The third-order valence-electron chi connectivity index (χ3n) is 2.61. The van der Waals surface area contributed by atoms with E-state index in [4.69, 9.17) is 9.47 Å². The van der Waals surface area contributed by atoms with Crippen molar-refractivity contribution in [2.24, 2.45) is 0 Å². The van der Waals surface area contributed by atoms with Gasteiger partial charge in [-0.05, 0) is 25.7 Å². The Morgan fingerprint density at radius 2 is 1.80 bits per heavy atom. The van der Waals surface area contributed by atoms with E-state index in [9.17, 15) is 4.79 Å². The van der Waals surface area contributed by atoms with Crippen molar-refractivity contribution < 1.29 is 14.3 Å². The minimum atomic E-state index is -0.123. The Morgan fingerprint density at radius 1 is 1.00 bits per heavy atom. The largest absolute Gasteiger partial charge is 0.466 e. The Morgan fingerprint density at radius 3 is 2.55 bits per heavy atom. The normalized spacial score (nSPS) is 9.90. The summed E-state index contributed by atoms with van der Waals surface area (Å²) < 4.78 is 10.5. The van der Waals surface area contributed by atoms with Crippen LogP contribution in [0.2, 0.25) is 0 Å². The number of carbonyl (C=O) groups excluding carboxylic acids is 1. The number of ether oxygens (including phenoxy) is 2. The Balaban J connectivity index is 3.22. The molecule has 0 atom stereocenters. The quantitative estimate of drug-likeness (QED) is 0.231. The van der Waals surface area contributed by atoms with Gasteiger partial charge in [0.05, 0.1) is 13.2 Å². The SMILES string of the molecule is CCCCC#CCCOCCCC(=O)OCCCCBr. The van der Waals surface area contributed by atoms with E-state index >= 15 is 0 Å². The first-order valence-electron chi connectivity index (χ1n) is 7.56. The monoisotopic (exact) mass is 346 g/mol. The van der Waals surface area contributed by atoms with Crippen LogP contribution in [0.15, 0.2) is 0 Å². The minimum Gasteiger partial charge on any atom is -0.466 e. The molecular formula is C16H27BrO3. The van der Waals surface area contributed by atoms with E-state index < -0.39 is 0 Å². The first kappa shape index (κ1) is 19.5. The van der Waals surface area contributed by atoms with Crippen LogP contribution >= 0.6 is 15.9 Å². The van der Waals surface area contributed by atoms with E-state index in [0.717, 1.165) is 37.4 Å². The van der Waals surface area contributed by atoms with E-state index in [-0.39, 0.29) is 5.97 Å². The standard InChI is InChI=1S/C16H27BrO3/c1-2-3-4-5-6-8-13-19-14-10-11-16(18)20-15-9-7-12-17/h2-4,7-15H2,1H3. The Kier molecular flexibility index (Phi) is 16.1. The van der Waals surface area contributed by atoms with E-state index in [1.165, 1.54) is 12.8 Å². The van der Waals surface area contributed by atoms with E-state index in [2.05, 4.69) is 34.7 Å². The lowest BCUT2D eigenvalue weighted by Crippen LogP contribution is -2.07. The molecule has 0 aromatic heterocycles. The van der Waals surface area contributed by atoms with Crippen LogP contribution in [0.4, 0.5) is 0 Å². The fourth-order valence-electron chi connectivity index (χ4n) is 1.44. The number of rotatable bonds is 12. The lowest BCUT2D eigenvalue weighted by molar-refractivity contribution is -0.144. The number of carbonyl (C=O) groups is 1. The van der Waals surface area contributed by atoms with Crippen LogP contribution < -0.4 is 0 Å². The highest BCUT2D eigenvalue weighted by molar-refractivity contribution is 9.09. The summed E-state index contributed by atoms with van der Waals surface area (Å²) in [6.45, 7) is 3.95. The number of hydrogen-bond donors (Lipinski definition) is 0. The molecular weight excluding hydrogens is 320 g/mol. The topological polar surface area (TPSA) is 35.5 Å². The van der Waals surface area contributed by atoms with Gasteiger partial charge >= 0.3 is 5.97 Å². The molecule has 0 unspecified atom stereocenters. The highest BCUT2D eigenvalue weighted by Gasteiger charge is 2.01. The smallest absolute Gasteiger partial charge is 0.305 e. The number of esters is 1. The van der Waals surface area contributed by atoms with Gasteiger partial charge in [-0.3, -0.25) is 4.79 Å². The molecule has 0 radical (unpaired) electrons. The van der Waals surface area contributed by atoms with E-state index in [0.29, 0.717) is 26.2 Å². The first-order valence-corrected chi connectivity index (χ1v) is 8.68. The van der Waals surface area contributed by atoms with Gasteiger partial charge in [-0.25, -0.2) is 0 Å². The summed E-state index contributed by atoms with van der Waals surface area (Å²) in [6, 6.07) is 0. The molecule has 0 amide bonds. The van der Waals surface area contributed by atoms with Gasteiger partial charge in [0.15, 0.2) is 0 Å². The van der Waals surface area contributed by atoms with Crippen molar-refractivity contribution in [3.8, 4) is 11.8 Å². The summed E-state index contributed by atoms with van der Waals surface area (Å²) in [5, 5.41) is 0.958. The van der Waals surface area contributed by atoms with Crippen LogP contribution in [0.3, 0.4) is 0 Å². The summed E-state index contributed by atoms with van der Waals surface area (Å²) in [7, 11) is 0. The van der Waals surface area contributed by atoms with Crippen molar-refractivity contribution in [3.05, 3.63) is 0 Å². The second-order valence-corrected chi connectivity index (χ2v) is 5.33. The van der Waals surface area contributed by atoms with Crippen LogP contribution in [-0.2, 0) is 14.3 Å². The molecule has 0 aromatic rings. The van der Waals surface area contributed by atoms with Crippen LogP contribution in [0.1, 0.15) is 58.3 Å². The lowest BCUT2D eigenvalue weighted by atomic mass is 10.2. The molecule has 0 bridgehead atoms. The predicted octanol–water partition coefficient (Wildman–Crippen LogP) is 4.09. The predicted molar refractivity (Wildman–Crippen MR) is 86.0 cm³/mol. The van der Waals surface area contributed by atoms with Crippen LogP contribution in [0.25, 0.3) is 0 Å². The second kappa shape index (κ2) is 16.5. The van der Waals surface area contributed by atoms with Crippen molar-refractivity contribution in [1.82, 2.24) is 0 Å².